The van der Waals surface area contributed by atoms with Gasteiger partial charge in [0.2, 0.25) is 5.89 Å². The molecule has 0 atom stereocenters. The minimum atomic E-state index is -4.94. The van der Waals surface area contributed by atoms with E-state index in [1.165, 1.54) is 12.1 Å². The zero-order valence-corrected chi connectivity index (χ0v) is 14.8. The number of aryl methyl sites for hydroxylation is 1. The molecule has 0 aliphatic heterocycles. The standard InChI is InChI=1S/C17H12BrF3N2O2/c1-9-6-12(23(2)16(24)17(19,20)21)8-13-14(9)25-15(22-13)10-4-3-5-11(18)7-10/h3-8H,1-2H3. The van der Waals surface area contributed by atoms with Gasteiger partial charge >= 0.3 is 12.1 Å². The summed E-state index contributed by atoms with van der Waals surface area (Å²) in [5.41, 5.74) is 2.26. The van der Waals surface area contributed by atoms with Gasteiger partial charge in [-0.15, -0.1) is 0 Å². The van der Waals surface area contributed by atoms with Crippen molar-refractivity contribution < 1.29 is 22.4 Å². The van der Waals surface area contributed by atoms with E-state index in [0.29, 0.717) is 27.5 Å². The number of aromatic nitrogens is 1. The summed E-state index contributed by atoms with van der Waals surface area (Å²) in [6, 6.07) is 10.2. The molecule has 3 aromatic rings. The number of rotatable bonds is 2. The lowest BCUT2D eigenvalue weighted by molar-refractivity contribution is -0.170. The first-order valence-corrected chi connectivity index (χ1v) is 7.98. The van der Waals surface area contributed by atoms with Crippen LogP contribution in [-0.4, -0.2) is 24.1 Å². The number of halogens is 4. The Morgan fingerprint density at radius 2 is 1.96 bits per heavy atom. The highest BCUT2D eigenvalue weighted by atomic mass is 79.9. The van der Waals surface area contributed by atoms with Crippen molar-refractivity contribution in [3.05, 3.63) is 46.4 Å². The summed E-state index contributed by atoms with van der Waals surface area (Å²) in [6.07, 6.45) is -4.94. The van der Waals surface area contributed by atoms with E-state index in [1.807, 2.05) is 24.3 Å². The van der Waals surface area contributed by atoms with E-state index < -0.39 is 12.1 Å². The zero-order chi connectivity index (χ0) is 18.4. The van der Waals surface area contributed by atoms with Crippen LogP contribution in [0, 0.1) is 6.92 Å². The Bertz CT molecular complexity index is 966. The minimum absolute atomic E-state index is 0.0985. The number of carbonyl (C=O) groups excluding carboxylic acids is 1. The molecule has 8 heteroatoms. The normalized spacial score (nSPS) is 11.8. The first kappa shape index (κ1) is 17.5. The van der Waals surface area contributed by atoms with Crippen molar-refractivity contribution in [2.45, 2.75) is 13.1 Å². The highest BCUT2D eigenvalue weighted by Crippen LogP contribution is 2.32. The molecular formula is C17H12BrF3N2O2. The summed E-state index contributed by atoms with van der Waals surface area (Å²) in [6.45, 7) is 1.69. The summed E-state index contributed by atoms with van der Waals surface area (Å²) >= 11 is 3.36. The van der Waals surface area contributed by atoms with Crippen LogP contribution >= 0.6 is 15.9 Å². The summed E-state index contributed by atoms with van der Waals surface area (Å²) in [5, 5.41) is 0. The third kappa shape index (κ3) is 3.39. The number of alkyl halides is 3. The molecular weight excluding hydrogens is 401 g/mol. The van der Waals surface area contributed by atoms with Crippen molar-refractivity contribution in [1.82, 2.24) is 4.98 Å². The van der Waals surface area contributed by atoms with Crippen LogP contribution in [0.5, 0.6) is 0 Å². The number of benzene rings is 2. The summed E-state index contributed by atoms with van der Waals surface area (Å²) in [4.78, 5) is 16.3. The van der Waals surface area contributed by atoms with E-state index in [0.717, 1.165) is 17.1 Å². The molecule has 0 N–H and O–H groups in total. The molecule has 0 spiro atoms. The van der Waals surface area contributed by atoms with E-state index in [1.54, 1.807) is 6.92 Å². The number of hydrogen-bond donors (Lipinski definition) is 0. The van der Waals surface area contributed by atoms with E-state index in [2.05, 4.69) is 20.9 Å². The Morgan fingerprint density at radius 1 is 1.24 bits per heavy atom. The molecule has 1 heterocycles. The van der Waals surface area contributed by atoms with Gasteiger partial charge in [0.1, 0.15) is 5.52 Å². The van der Waals surface area contributed by atoms with Crippen LogP contribution < -0.4 is 4.90 Å². The predicted molar refractivity (Wildman–Crippen MR) is 91.3 cm³/mol. The summed E-state index contributed by atoms with van der Waals surface area (Å²) < 4.78 is 44.5. The fourth-order valence-electron chi connectivity index (χ4n) is 2.43. The minimum Gasteiger partial charge on any atom is -0.436 e. The molecule has 130 valence electrons. The monoisotopic (exact) mass is 412 g/mol. The van der Waals surface area contributed by atoms with Crippen LogP contribution in [0.15, 0.2) is 45.3 Å². The molecule has 0 bridgehead atoms. The lowest BCUT2D eigenvalue weighted by Crippen LogP contribution is -2.38. The van der Waals surface area contributed by atoms with Crippen molar-refractivity contribution in [1.29, 1.82) is 0 Å². The van der Waals surface area contributed by atoms with Crippen molar-refractivity contribution >= 4 is 38.6 Å². The number of nitrogens with zero attached hydrogens (tertiary/aromatic N) is 2. The van der Waals surface area contributed by atoms with Gasteiger partial charge in [-0.25, -0.2) is 4.98 Å². The van der Waals surface area contributed by atoms with Gasteiger partial charge in [-0.1, -0.05) is 22.0 Å². The third-order valence-electron chi connectivity index (χ3n) is 3.67. The average Bonchev–Trinajstić information content (AvgIpc) is 2.97. The lowest BCUT2D eigenvalue weighted by Gasteiger charge is -2.19. The highest BCUT2D eigenvalue weighted by molar-refractivity contribution is 9.10. The first-order valence-electron chi connectivity index (χ1n) is 7.19. The van der Waals surface area contributed by atoms with E-state index >= 15 is 0 Å². The van der Waals surface area contributed by atoms with Gasteiger partial charge in [-0.05, 0) is 42.8 Å². The molecule has 0 unspecified atom stereocenters. The Hall–Kier alpha value is -2.35. The lowest BCUT2D eigenvalue weighted by atomic mass is 10.2. The van der Waals surface area contributed by atoms with E-state index in [4.69, 9.17) is 4.42 Å². The molecule has 2 aromatic carbocycles. The van der Waals surface area contributed by atoms with Crippen molar-refractivity contribution in [3.8, 4) is 11.5 Å². The predicted octanol–water partition coefficient (Wildman–Crippen LogP) is 5.09. The van der Waals surface area contributed by atoms with Gasteiger partial charge in [0.05, 0.1) is 0 Å². The number of oxazole rings is 1. The second-order valence-corrected chi connectivity index (χ2v) is 6.42. The number of carbonyl (C=O) groups is 1. The molecule has 0 radical (unpaired) electrons. The van der Waals surface area contributed by atoms with Crippen LogP contribution in [0.1, 0.15) is 5.56 Å². The molecule has 0 saturated heterocycles. The zero-order valence-electron chi connectivity index (χ0n) is 13.2. The Labute approximate surface area is 149 Å². The Balaban J connectivity index is 2.07. The maximum absolute atomic E-state index is 12.6. The molecule has 4 nitrogen and oxygen atoms in total. The van der Waals surface area contributed by atoms with Gasteiger partial charge in [0.25, 0.3) is 0 Å². The SMILES string of the molecule is Cc1cc(N(C)C(=O)C(F)(F)F)cc2nc(-c3cccc(Br)c3)oc12. The van der Waals surface area contributed by atoms with Gasteiger partial charge in [-0.3, -0.25) is 4.79 Å². The molecule has 1 amide bonds. The first-order chi connectivity index (χ1) is 11.7. The van der Waals surface area contributed by atoms with Crippen molar-refractivity contribution in [2.24, 2.45) is 0 Å². The van der Waals surface area contributed by atoms with Crippen molar-refractivity contribution in [3.63, 3.8) is 0 Å². The highest BCUT2D eigenvalue weighted by Gasteiger charge is 2.41. The van der Waals surface area contributed by atoms with Crippen LogP contribution in [-0.2, 0) is 4.79 Å². The second-order valence-electron chi connectivity index (χ2n) is 5.50. The fourth-order valence-corrected chi connectivity index (χ4v) is 2.83. The molecule has 0 aliphatic rings. The fraction of sp³-hybridized carbons (Fsp3) is 0.176. The summed E-state index contributed by atoms with van der Waals surface area (Å²) in [5.74, 6) is -1.59. The molecule has 25 heavy (non-hydrogen) atoms. The van der Waals surface area contributed by atoms with Crippen LogP contribution in [0.2, 0.25) is 0 Å². The second kappa shape index (κ2) is 6.18. The van der Waals surface area contributed by atoms with Gasteiger partial charge < -0.3 is 9.32 Å². The summed E-state index contributed by atoms with van der Waals surface area (Å²) in [7, 11) is 1.08. The molecule has 0 aliphatic carbocycles. The Morgan fingerprint density at radius 3 is 2.60 bits per heavy atom. The van der Waals surface area contributed by atoms with Crippen LogP contribution in [0.4, 0.5) is 18.9 Å². The number of fused-ring (bicyclic) bond motifs is 1. The number of amides is 1. The number of anilines is 1. The molecule has 3 rings (SSSR count). The molecule has 0 fully saturated rings. The quantitative estimate of drug-likeness (QED) is 0.588. The largest absolute Gasteiger partial charge is 0.471 e. The van der Waals surface area contributed by atoms with Gasteiger partial charge in [0.15, 0.2) is 5.58 Å². The van der Waals surface area contributed by atoms with Crippen LogP contribution in [0.25, 0.3) is 22.6 Å². The maximum atomic E-state index is 12.6. The Kier molecular flexibility index (Phi) is 4.32. The van der Waals surface area contributed by atoms with Gasteiger partial charge in [0, 0.05) is 22.8 Å². The van der Waals surface area contributed by atoms with E-state index in [-0.39, 0.29) is 5.69 Å². The molecule has 1 aromatic heterocycles. The topological polar surface area (TPSA) is 46.3 Å². The van der Waals surface area contributed by atoms with Crippen LogP contribution in [0.3, 0.4) is 0 Å². The molecule has 0 saturated carbocycles. The maximum Gasteiger partial charge on any atom is 0.471 e. The smallest absolute Gasteiger partial charge is 0.436 e. The third-order valence-corrected chi connectivity index (χ3v) is 4.16. The van der Waals surface area contributed by atoms with Crippen molar-refractivity contribution in [2.75, 3.05) is 11.9 Å². The van der Waals surface area contributed by atoms with E-state index in [9.17, 15) is 18.0 Å². The average molecular weight is 413 g/mol. The van der Waals surface area contributed by atoms with Gasteiger partial charge in [-0.2, -0.15) is 13.2 Å². The number of hydrogen-bond acceptors (Lipinski definition) is 3.